The maximum atomic E-state index is 11.7. The number of carbonyl (C=O) groups excluding carboxylic acids is 1. The first kappa shape index (κ1) is 10.9. The van der Waals surface area contributed by atoms with Crippen LogP contribution in [0.3, 0.4) is 0 Å². The van der Waals surface area contributed by atoms with E-state index in [1.54, 1.807) is 6.20 Å². The second kappa shape index (κ2) is 3.92. The van der Waals surface area contributed by atoms with Crippen molar-refractivity contribution in [2.75, 3.05) is 0 Å². The molecular weight excluding hydrogens is 180 g/mol. The van der Waals surface area contributed by atoms with E-state index in [9.17, 15) is 4.79 Å². The summed E-state index contributed by atoms with van der Waals surface area (Å²) in [6.45, 7) is 5.56. The number of rotatable bonds is 3. The minimum absolute atomic E-state index is 0.0238. The number of nitrogens with two attached hydrogens (primary N) is 1. The highest BCUT2D eigenvalue weighted by Crippen LogP contribution is 2.17. The minimum atomic E-state index is -0.534. The molecule has 0 saturated carbocycles. The molecule has 0 aliphatic rings. The van der Waals surface area contributed by atoms with E-state index in [4.69, 9.17) is 10.2 Å². The Bertz CT molecular complexity index is 298. The van der Waals surface area contributed by atoms with E-state index >= 15 is 0 Å². The van der Waals surface area contributed by atoms with Crippen LogP contribution in [0.2, 0.25) is 0 Å². The van der Waals surface area contributed by atoms with Crippen LogP contribution in [0.15, 0.2) is 16.9 Å². The first-order valence-corrected chi connectivity index (χ1v) is 4.59. The van der Waals surface area contributed by atoms with Gasteiger partial charge < -0.3 is 10.2 Å². The van der Waals surface area contributed by atoms with Crippen LogP contribution in [-0.2, 0) is 11.2 Å². The fraction of sp³-hybridized carbons (Fsp3) is 0.600. The summed E-state index contributed by atoms with van der Waals surface area (Å²) in [5, 5.41) is 0. The van der Waals surface area contributed by atoms with E-state index in [1.807, 2.05) is 20.8 Å². The predicted octanol–water partition coefficient (Wildman–Crippen LogP) is 1.16. The van der Waals surface area contributed by atoms with Crippen molar-refractivity contribution in [2.45, 2.75) is 33.2 Å². The summed E-state index contributed by atoms with van der Waals surface area (Å²) in [6, 6.07) is -0.534. The van der Waals surface area contributed by atoms with Gasteiger partial charge in [-0.05, 0) is 0 Å². The first-order valence-electron chi connectivity index (χ1n) is 4.59. The Morgan fingerprint density at radius 1 is 1.64 bits per heavy atom. The topological polar surface area (TPSA) is 69.1 Å². The smallest absolute Gasteiger partial charge is 0.195 e. The monoisotopic (exact) mass is 196 g/mol. The van der Waals surface area contributed by atoms with Crippen LogP contribution in [0, 0.1) is 5.41 Å². The van der Waals surface area contributed by atoms with Gasteiger partial charge in [0.05, 0.1) is 12.2 Å². The van der Waals surface area contributed by atoms with Crippen molar-refractivity contribution in [1.29, 1.82) is 0 Å². The minimum Gasteiger partial charge on any atom is -0.449 e. The van der Waals surface area contributed by atoms with Crippen LogP contribution in [-0.4, -0.2) is 16.8 Å². The Balaban J connectivity index is 2.59. The van der Waals surface area contributed by atoms with Crippen molar-refractivity contribution in [3.63, 3.8) is 0 Å². The van der Waals surface area contributed by atoms with Gasteiger partial charge >= 0.3 is 0 Å². The number of nitrogens with zero attached hydrogens (tertiary/aromatic N) is 1. The van der Waals surface area contributed by atoms with Crippen molar-refractivity contribution in [2.24, 2.45) is 11.1 Å². The molecule has 0 amide bonds. The molecule has 0 unspecified atom stereocenters. The van der Waals surface area contributed by atoms with E-state index < -0.39 is 11.5 Å². The molecule has 4 heteroatoms. The second-order valence-corrected chi connectivity index (χ2v) is 4.35. The molecule has 0 bridgehead atoms. The molecule has 0 radical (unpaired) electrons. The molecule has 1 rings (SSSR count). The number of oxazole rings is 1. The Morgan fingerprint density at radius 3 is 2.71 bits per heavy atom. The van der Waals surface area contributed by atoms with Gasteiger partial charge in [0.2, 0.25) is 0 Å². The predicted molar refractivity (Wildman–Crippen MR) is 52.6 cm³/mol. The summed E-state index contributed by atoms with van der Waals surface area (Å²) in [7, 11) is 0. The van der Waals surface area contributed by atoms with Gasteiger partial charge in [0, 0.05) is 11.8 Å². The molecule has 4 nitrogen and oxygen atoms in total. The molecule has 1 aromatic heterocycles. The summed E-state index contributed by atoms with van der Waals surface area (Å²) in [5.41, 5.74) is 5.33. The molecule has 0 aromatic carbocycles. The van der Waals surface area contributed by atoms with Crippen LogP contribution in [0.4, 0.5) is 0 Å². The summed E-state index contributed by atoms with van der Waals surface area (Å²) in [5.74, 6) is 0.533. The number of hydrogen-bond acceptors (Lipinski definition) is 4. The van der Waals surface area contributed by atoms with Gasteiger partial charge in [-0.3, -0.25) is 4.79 Å². The average Bonchev–Trinajstić information content (AvgIpc) is 2.53. The summed E-state index contributed by atoms with van der Waals surface area (Å²) >= 11 is 0. The van der Waals surface area contributed by atoms with Crippen molar-refractivity contribution in [3.05, 3.63) is 18.4 Å². The molecule has 1 atom stereocenters. The quantitative estimate of drug-likeness (QED) is 0.787. The maximum Gasteiger partial charge on any atom is 0.195 e. The Kier molecular flexibility index (Phi) is 3.06. The average molecular weight is 196 g/mol. The molecule has 1 aromatic rings. The molecular formula is C10H16N2O2. The molecule has 78 valence electrons. The molecule has 0 aliphatic carbocycles. The zero-order valence-electron chi connectivity index (χ0n) is 8.78. The van der Waals surface area contributed by atoms with Crippen molar-refractivity contribution in [3.8, 4) is 0 Å². The lowest BCUT2D eigenvalue weighted by Crippen LogP contribution is -2.40. The van der Waals surface area contributed by atoms with Crippen molar-refractivity contribution >= 4 is 5.78 Å². The third-order valence-electron chi connectivity index (χ3n) is 1.95. The number of hydrogen-bond donors (Lipinski definition) is 1. The lowest BCUT2D eigenvalue weighted by molar-refractivity contribution is -0.127. The third-order valence-corrected chi connectivity index (χ3v) is 1.95. The van der Waals surface area contributed by atoms with Crippen LogP contribution in [0.5, 0.6) is 0 Å². The fourth-order valence-electron chi connectivity index (χ4n) is 1.19. The molecule has 14 heavy (non-hydrogen) atoms. The van der Waals surface area contributed by atoms with E-state index in [0.29, 0.717) is 12.3 Å². The molecule has 0 fully saturated rings. The summed E-state index contributed by atoms with van der Waals surface area (Å²) in [6.07, 6.45) is 3.39. The van der Waals surface area contributed by atoms with Crippen molar-refractivity contribution < 1.29 is 9.21 Å². The zero-order chi connectivity index (χ0) is 10.8. The number of Topliss-reactive ketones (excluding diaryl/α,β-unsaturated/α-hetero) is 1. The van der Waals surface area contributed by atoms with Gasteiger partial charge in [-0.1, -0.05) is 20.8 Å². The van der Waals surface area contributed by atoms with Crippen LogP contribution in [0.1, 0.15) is 26.7 Å². The molecule has 0 aliphatic heterocycles. The van der Waals surface area contributed by atoms with Crippen LogP contribution < -0.4 is 5.73 Å². The van der Waals surface area contributed by atoms with Crippen LogP contribution in [0.25, 0.3) is 0 Å². The van der Waals surface area contributed by atoms with Gasteiger partial charge in [0.15, 0.2) is 11.7 Å². The number of aromatic nitrogens is 1. The van der Waals surface area contributed by atoms with Gasteiger partial charge in [-0.2, -0.15) is 0 Å². The lowest BCUT2D eigenvalue weighted by atomic mass is 9.86. The molecule has 0 saturated heterocycles. The Labute approximate surface area is 83.5 Å². The Hall–Kier alpha value is -1.16. The molecule has 1 heterocycles. The highest BCUT2D eigenvalue weighted by Gasteiger charge is 2.27. The third kappa shape index (κ3) is 2.67. The zero-order valence-corrected chi connectivity index (χ0v) is 8.78. The standard InChI is InChI=1S/C10H16N2O2/c1-10(2,3)9(13)7(11)6-8-12-4-5-14-8/h4-5,7H,6,11H2,1-3H3/t7-/m0/s1. The first-order chi connectivity index (χ1) is 6.41. The maximum absolute atomic E-state index is 11.7. The normalized spacial score (nSPS) is 14.0. The van der Waals surface area contributed by atoms with E-state index in [-0.39, 0.29) is 5.78 Å². The van der Waals surface area contributed by atoms with E-state index in [1.165, 1.54) is 6.26 Å². The highest BCUT2D eigenvalue weighted by atomic mass is 16.3. The number of ketones is 1. The molecule has 0 spiro atoms. The van der Waals surface area contributed by atoms with Gasteiger partial charge in [0.1, 0.15) is 6.26 Å². The van der Waals surface area contributed by atoms with Gasteiger partial charge in [-0.15, -0.1) is 0 Å². The van der Waals surface area contributed by atoms with Gasteiger partial charge in [-0.25, -0.2) is 4.98 Å². The number of carbonyl (C=O) groups is 1. The lowest BCUT2D eigenvalue weighted by Gasteiger charge is -2.20. The van der Waals surface area contributed by atoms with E-state index in [0.717, 1.165) is 0 Å². The van der Waals surface area contributed by atoms with Gasteiger partial charge in [0.25, 0.3) is 0 Å². The summed E-state index contributed by atoms with van der Waals surface area (Å²) in [4.78, 5) is 15.6. The molecule has 2 N–H and O–H groups in total. The highest BCUT2D eigenvalue weighted by molar-refractivity contribution is 5.88. The summed E-state index contributed by atoms with van der Waals surface area (Å²) < 4.78 is 5.02. The van der Waals surface area contributed by atoms with Crippen molar-refractivity contribution in [1.82, 2.24) is 4.98 Å². The van der Waals surface area contributed by atoms with Crippen LogP contribution >= 0.6 is 0 Å². The van der Waals surface area contributed by atoms with E-state index in [2.05, 4.69) is 4.98 Å². The largest absolute Gasteiger partial charge is 0.449 e. The fourth-order valence-corrected chi connectivity index (χ4v) is 1.19. The SMILES string of the molecule is CC(C)(C)C(=O)[C@@H](N)Cc1ncco1. The second-order valence-electron chi connectivity index (χ2n) is 4.35. The Morgan fingerprint density at radius 2 is 2.29 bits per heavy atom.